The first-order valence-electron chi connectivity index (χ1n) is 6.77. The molecule has 2 rings (SSSR count). The van der Waals surface area contributed by atoms with Crippen molar-refractivity contribution < 1.29 is 19.1 Å². The largest absolute Gasteiger partial charge is 0.479 e. The summed E-state index contributed by atoms with van der Waals surface area (Å²) in [5.41, 5.74) is -0.247. The van der Waals surface area contributed by atoms with E-state index in [1.807, 2.05) is 25.1 Å². The lowest BCUT2D eigenvalue weighted by molar-refractivity contribution is -0.156. The Morgan fingerprint density at radius 1 is 1.38 bits per heavy atom. The van der Waals surface area contributed by atoms with Gasteiger partial charge in [-0.15, -0.1) is 0 Å². The van der Waals surface area contributed by atoms with Crippen LogP contribution in [0.5, 0.6) is 0 Å². The number of piperidine rings is 1. The molecule has 0 unspecified atom stereocenters. The molecule has 1 aromatic rings. The maximum Gasteiger partial charge on any atom is 0.341 e. The van der Waals surface area contributed by atoms with Crippen LogP contribution in [-0.4, -0.2) is 40.6 Å². The predicted octanol–water partition coefficient (Wildman–Crippen LogP) is 2.72. The number of benzene rings is 1. The molecule has 0 radical (unpaired) electrons. The van der Waals surface area contributed by atoms with Crippen molar-refractivity contribution in [2.45, 2.75) is 31.9 Å². The summed E-state index contributed by atoms with van der Waals surface area (Å²) in [4.78, 5) is 24.6. The van der Waals surface area contributed by atoms with E-state index in [9.17, 15) is 14.0 Å². The molecule has 1 amide bonds. The van der Waals surface area contributed by atoms with E-state index in [2.05, 4.69) is 15.9 Å². The van der Waals surface area contributed by atoms with Crippen LogP contribution in [0.2, 0.25) is 0 Å². The van der Waals surface area contributed by atoms with Gasteiger partial charge in [0, 0.05) is 30.4 Å². The molecule has 0 aliphatic carbocycles. The summed E-state index contributed by atoms with van der Waals surface area (Å²) < 4.78 is 14.9. The fraction of sp³-hybridized carbons (Fsp3) is 0.467. The third kappa shape index (κ3) is 3.61. The van der Waals surface area contributed by atoms with E-state index in [1.165, 1.54) is 0 Å². The number of carbonyl (C=O) groups excluding carboxylic acids is 1. The number of amides is 1. The van der Waals surface area contributed by atoms with Crippen LogP contribution in [0.3, 0.4) is 0 Å². The summed E-state index contributed by atoms with van der Waals surface area (Å²) in [7, 11) is 0. The molecule has 1 aliphatic heterocycles. The number of alkyl halides is 1. The standard InChI is InChI=1S/C15H17BrFNO3/c1-10-8-12(16)3-2-11(10)9-13(19)18-6-4-15(17,5-7-18)14(20)21/h2-3,8H,4-7,9H2,1H3,(H,20,21). The van der Waals surface area contributed by atoms with Gasteiger partial charge in [0.05, 0.1) is 6.42 Å². The molecule has 0 aromatic heterocycles. The minimum Gasteiger partial charge on any atom is -0.479 e. The Bertz CT molecular complexity index is 568. The lowest BCUT2D eigenvalue weighted by Crippen LogP contribution is -2.48. The Kier molecular flexibility index (Phi) is 4.66. The summed E-state index contributed by atoms with van der Waals surface area (Å²) >= 11 is 3.37. The van der Waals surface area contributed by atoms with Crippen molar-refractivity contribution in [1.29, 1.82) is 0 Å². The van der Waals surface area contributed by atoms with Gasteiger partial charge in [0.25, 0.3) is 0 Å². The highest BCUT2D eigenvalue weighted by Gasteiger charge is 2.42. The molecule has 114 valence electrons. The lowest BCUT2D eigenvalue weighted by atomic mass is 9.93. The normalized spacial score (nSPS) is 17.6. The van der Waals surface area contributed by atoms with Gasteiger partial charge in [-0.25, -0.2) is 9.18 Å². The Morgan fingerprint density at radius 3 is 2.52 bits per heavy atom. The molecule has 1 aliphatic rings. The van der Waals surface area contributed by atoms with Gasteiger partial charge in [-0.1, -0.05) is 22.0 Å². The summed E-state index contributed by atoms with van der Waals surface area (Å²) in [5, 5.41) is 8.84. The van der Waals surface area contributed by atoms with E-state index >= 15 is 0 Å². The van der Waals surface area contributed by atoms with Crippen LogP contribution in [0.1, 0.15) is 24.0 Å². The summed E-state index contributed by atoms with van der Waals surface area (Å²) in [5.74, 6) is -1.52. The number of rotatable bonds is 3. The first kappa shape index (κ1) is 15.9. The zero-order chi connectivity index (χ0) is 15.6. The third-order valence-electron chi connectivity index (χ3n) is 3.94. The van der Waals surface area contributed by atoms with Gasteiger partial charge in [0.2, 0.25) is 11.6 Å². The molecule has 6 heteroatoms. The van der Waals surface area contributed by atoms with E-state index in [1.54, 1.807) is 4.90 Å². The number of nitrogens with zero attached hydrogens (tertiary/aromatic N) is 1. The molecule has 0 saturated carbocycles. The van der Waals surface area contributed by atoms with Gasteiger partial charge in [0.15, 0.2) is 0 Å². The molecular weight excluding hydrogens is 341 g/mol. The zero-order valence-corrected chi connectivity index (χ0v) is 13.3. The SMILES string of the molecule is Cc1cc(Br)ccc1CC(=O)N1CCC(F)(C(=O)O)CC1. The van der Waals surface area contributed by atoms with Crippen molar-refractivity contribution in [3.63, 3.8) is 0 Å². The second-order valence-corrected chi connectivity index (χ2v) is 6.31. The van der Waals surface area contributed by atoms with Crippen LogP contribution >= 0.6 is 15.9 Å². The first-order chi connectivity index (χ1) is 9.82. The lowest BCUT2D eigenvalue weighted by Gasteiger charge is -2.34. The molecule has 0 bridgehead atoms. The van der Waals surface area contributed by atoms with Crippen LogP contribution in [0.15, 0.2) is 22.7 Å². The highest BCUT2D eigenvalue weighted by molar-refractivity contribution is 9.10. The molecule has 1 saturated heterocycles. The minimum atomic E-state index is -2.19. The number of likely N-dealkylation sites (tertiary alicyclic amines) is 1. The number of carbonyl (C=O) groups is 2. The molecular formula is C15H17BrFNO3. The molecule has 1 aromatic carbocycles. The highest BCUT2D eigenvalue weighted by Crippen LogP contribution is 2.27. The summed E-state index contributed by atoms with van der Waals surface area (Å²) in [6.07, 6.45) is -0.0355. The average Bonchev–Trinajstić information content (AvgIpc) is 2.42. The number of aryl methyl sites for hydroxylation is 1. The topological polar surface area (TPSA) is 57.6 Å². The van der Waals surface area contributed by atoms with Gasteiger partial charge in [0.1, 0.15) is 0 Å². The molecule has 0 spiro atoms. The zero-order valence-electron chi connectivity index (χ0n) is 11.7. The third-order valence-corrected chi connectivity index (χ3v) is 4.43. The number of carboxylic acids is 1. The Labute approximate surface area is 131 Å². The van der Waals surface area contributed by atoms with Crippen LogP contribution in [0, 0.1) is 6.92 Å². The Hall–Kier alpha value is -1.43. The van der Waals surface area contributed by atoms with Gasteiger partial charge in [-0.3, -0.25) is 4.79 Å². The second kappa shape index (κ2) is 6.13. The van der Waals surface area contributed by atoms with E-state index in [-0.39, 0.29) is 38.3 Å². The van der Waals surface area contributed by atoms with Crippen molar-refractivity contribution >= 4 is 27.8 Å². The smallest absolute Gasteiger partial charge is 0.341 e. The molecule has 21 heavy (non-hydrogen) atoms. The van der Waals surface area contributed by atoms with Crippen molar-refractivity contribution in [1.82, 2.24) is 4.90 Å². The van der Waals surface area contributed by atoms with Crippen LogP contribution in [0.25, 0.3) is 0 Å². The second-order valence-electron chi connectivity index (χ2n) is 5.40. The van der Waals surface area contributed by atoms with Crippen LogP contribution in [-0.2, 0) is 16.0 Å². The Balaban J connectivity index is 1.98. The fourth-order valence-corrected chi connectivity index (χ4v) is 2.93. The van der Waals surface area contributed by atoms with Crippen LogP contribution < -0.4 is 0 Å². The quantitative estimate of drug-likeness (QED) is 0.904. The van der Waals surface area contributed by atoms with Crippen molar-refractivity contribution in [3.05, 3.63) is 33.8 Å². The van der Waals surface area contributed by atoms with Crippen molar-refractivity contribution in [3.8, 4) is 0 Å². The number of hydrogen-bond acceptors (Lipinski definition) is 2. The fourth-order valence-electron chi connectivity index (χ4n) is 2.46. The van der Waals surface area contributed by atoms with E-state index in [0.29, 0.717) is 0 Å². The molecule has 1 heterocycles. The summed E-state index contributed by atoms with van der Waals surface area (Å²) in [6.45, 7) is 2.23. The number of aliphatic carboxylic acids is 1. The maximum atomic E-state index is 13.9. The first-order valence-corrected chi connectivity index (χ1v) is 7.56. The van der Waals surface area contributed by atoms with Gasteiger partial charge >= 0.3 is 5.97 Å². The number of carboxylic acid groups (broad SMARTS) is 1. The molecule has 0 atom stereocenters. The molecule has 1 fully saturated rings. The van der Waals surface area contributed by atoms with Gasteiger partial charge in [-0.05, 0) is 30.2 Å². The van der Waals surface area contributed by atoms with Gasteiger partial charge in [-0.2, -0.15) is 0 Å². The highest BCUT2D eigenvalue weighted by atomic mass is 79.9. The van der Waals surface area contributed by atoms with Crippen molar-refractivity contribution in [2.75, 3.05) is 13.1 Å². The average molecular weight is 358 g/mol. The van der Waals surface area contributed by atoms with E-state index in [4.69, 9.17) is 5.11 Å². The molecule has 1 N–H and O–H groups in total. The number of hydrogen-bond donors (Lipinski definition) is 1. The van der Waals surface area contributed by atoms with E-state index < -0.39 is 11.6 Å². The van der Waals surface area contributed by atoms with Crippen molar-refractivity contribution in [2.24, 2.45) is 0 Å². The minimum absolute atomic E-state index is 0.0899. The predicted molar refractivity (Wildman–Crippen MR) is 79.9 cm³/mol. The summed E-state index contributed by atoms with van der Waals surface area (Å²) in [6, 6.07) is 5.70. The van der Waals surface area contributed by atoms with Gasteiger partial charge < -0.3 is 10.0 Å². The monoisotopic (exact) mass is 357 g/mol. The Morgan fingerprint density at radius 2 is 2.00 bits per heavy atom. The maximum absolute atomic E-state index is 13.9. The van der Waals surface area contributed by atoms with Crippen LogP contribution in [0.4, 0.5) is 4.39 Å². The van der Waals surface area contributed by atoms with E-state index in [0.717, 1.165) is 15.6 Å². The number of halogens is 2. The molecule has 4 nitrogen and oxygen atoms in total.